The summed E-state index contributed by atoms with van der Waals surface area (Å²) in [5.41, 5.74) is 6.61. The number of benzene rings is 1. The van der Waals surface area contributed by atoms with E-state index in [1.54, 1.807) is 0 Å². The van der Waals surface area contributed by atoms with Gasteiger partial charge in [-0.25, -0.2) is 0 Å². The van der Waals surface area contributed by atoms with Crippen molar-refractivity contribution in [2.75, 3.05) is 6.54 Å². The standard InChI is InChI=1S/C16H24N2O/c17-16(19)7-4-12-18-15-10-8-14(9-11-15)13-5-2-1-3-6-13/h1-3,5-6,14-15,18H,4,7-12H2,(H2,17,19). The summed E-state index contributed by atoms with van der Waals surface area (Å²) in [6, 6.07) is 11.4. The van der Waals surface area contributed by atoms with Crippen LogP contribution in [-0.2, 0) is 4.79 Å². The van der Waals surface area contributed by atoms with Gasteiger partial charge < -0.3 is 11.1 Å². The van der Waals surface area contributed by atoms with E-state index in [0.29, 0.717) is 12.5 Å². The monoisotopic (exact) mass is 260 g/mol. The van der Waals surface area contributed by atoms with E-state index < -0.39 is 0 Å². The SMILES string of the molecule is NC(=O)CCCNC1CCC(c2ccccc2)CC1. The van der Waals surface area contributed by atoms with E-state index in [1.165, 1.54) is 31.2 Å². The summed E-state index contributed by atoms with van der Waals surface area (Å²) < 4.78 is 0. The highest BCUT2D eigenvalue weighted by molar-refractivity contribution is 5.73. The van der Waals surface area contributed by atoms with Gasteiger partial charge in [-0.3, -0.25) is 4.79 Å². The van der Waals surface area contributed by atoms with Crippen molar-refractivity contribution in [3.63, 3.8) is 0 Å². The first-order valence-electron chi connectivity index (χ1n) is 7.32. The normalized spacial score (nSPS) is 23.2. The van der Waals surface area contributed by atoms with Gasteiger partial charge in [0.1, 0.15) is 0 Å². The van der Waals surface area contributed by atoms with Gasteiger partial charge in [0, 0.05) is 12.5 Å². The smallest absolute Gasteiger partial charge is 0.217 e. The topological polar surface area (TPSA) is 55.1 Å². The van der Waals surface area contributed by atoms with Crippen LogP contribution in [0.3, 0.4) is 0 Å². The Morgan fingerprint density at radius 2 is 1.84 bits per heavy atom. The second-order valence-electron chi connectivity index (χ2n) is 5.48. The van der Waals surface area contributed by atoms with E-state index in [0.717, 1.165) is 18.9 Å². The van der Waals surface area contributed by atoms with Gasteiger partial charge >= 0.3 is 0 Å². The number of nitrogens with one attached hydrogen (secondary N) is 1. The molecule has 0 spiro atoms. The summed E-state index contributed by atoms with van der Waals surface area (Å²) in [7, 11) is 0. The molecule has 0 aliphatic heterocycles. The molecule has 0 atom stereocenters. The molecule has 1 amide bonds. The Hall–Kier alpha value is -1.35. The Labute approximate surface area is 115 Å². The van der Waals surface area contributed by atoms with E-state index in [2.05, 4.69) is 35.6 Å². The first-order valence-corrected chi connectivity index (χ1v) is 7.32. The Morgan fingerprint density at radius 1 is 1.16 bits per heavy atom. The molecule has 3 heteroatoms. The summed E-state index contributed by atoms with van der Waals surface area (Å²) in [4.78, 5) is 10.6. The molecule has 0 bridgehead atoms. The maximum atomic E-state index is 10.6. The maximum Gasteiger partial charge on any atom is 0.217 e. The molecule has 19 heavy (non-hydrogen) atoms. The third kappa shape index (κ3) is 4.67. The van der Waals surface area contributed by atoms with Gasteiger partial charge in [-0.15, -0.1) is 0 Å². The first kappa shape index (κ1) is 14.1. The lowest BCUT2D eigenvalue weighted by Crippen LogP contribution is -2.33. The van der Waals surface area contributed by atoms with Gasteiger partial charge in [0.2, 0.25) is 5.91 Å². The molecule has 1 fully saturated rings. The third-order valence-electron chi connectivity index (χ3n) is 4.03. The summed E-state index contributed by atoms with van der Waals surface area (Å²) in [5, 5.41) is 3.54. The zero-order valence-electron chi connectivity index (χ0n) is 11.5. The number of hydrogen-bond acceptors (Lipinski definition) is 2. The van der Waals surface area contributed by atoms with Gasteiger partial charge in [0.15, 0.2) is 0 Å². The van der Waals surface area contributed by atoms with Crippen LogP contribution in [0.1, 0.15) is 50.0 Å². The van der Waals surface area contributed by atoms with Crippen molar-refractivity contribution in [3.05, 3.63) is 35.9 Å². The highest BCUT2D eigenvalue weighted by Gasteiger charge is 2.21. The molecule has 1 aromatic carbocycles. The second-order valence-corrected chi connectivity index (χ2v) is 5.48. The lowest BCUT2D eigenvalue weighted by atomic mass is 9.82. The van der Waals surface area contributed by atoms with Crippen LogP contribution in [0.15, 0.2) is 30.3 Å². The molecule has 1 aliphatic rings. The largest absolute Gasteiger partial charge is 0.370 e. The molecule has 3 nitrogen and oxygen atoms in total. The van der Waals surface area contributed by atoms with Crippen LogP contribution in [0.25, 0.3) is 0 Å². The molecular weight excluding hydrogens is 236 g/mol. The van der Waals surface area contributed by atoms with Crippen LogP contribution in [0.5, 0.6) is 0 Å². The molecule has 0 radical (unpaired) electrons. The molecule has 0 saturated heterocycles. The Morgan fingerprint density at radius 3 is 2.47 bits per heavy atom. The molecule has 104 valence electrons. The maximum absolute atomic E-state index is 10.6. The first-order chi connectivity index (χ1) is 9.25. The Bertz CT molecular complexity index is 383. The molecule has 2 rings (SSSR count). The number of nitrogens with two attached hydrogens (primary N) is 1. The molecule has 1 saturated carbocycles. The van der Waals surface area contributed by atoms with Gasteiger partial charge in [-0.2, -0.15) is 0 Å². The molecule has 1 aromatic rings. The highest BCUT2D eigenvalue weighted by Crippen LogP contribution is 2.32. The van der Waals surface area contributed by atoms with Crippen molar-refractivity contribution in [3.8, 4) is 0 Å². The van der Waals surface area contributed by atoms with Crippen molar-refractivity contribution < 1.29 is 4.79 Å². The van der Waals surface area contributed by atoms with Crippen LogP contribution in [0.4, 0.5) is 0 Å². The molecule has 3 N–H and O–H groups in total. The van der Waals surface area contributed by atoms with E-state index in [4.69, 9.17) is 5.73 Å². The quantitative estimate of drug-likeness (QED) is 0.772. The van der Waals surface area contributed by atoms with Gasteiger partial charge in [0.25, 0.3) is 0 Å². The number of amides is 1. The molecular formula is C16H24N2O. The van der Waals surface area contributed by atoms with Gasteiger partial charge in [0.05, 0.1) is 0 Å². The predicted molar refractivity (Wildman–Crippen MR) is 77.9 cm³/mol. The van der Waals surface area contributed by atoms with Crippen molar-refractivity contribution in [2.24, 2.45) is 5.73 Å². The van der Waals surface area contributed by atoms with Crippen molar-refractivity contribution in [1.29, 1.82) is 0 Å². The lowest BCUT2D eigenvalue weighted by Gasteiger charge is -2.29. The van der Waals surface area contributed by atoms with Crippen molar-refractivity contribution >= 4 is 5.91 Å². The van der Waals surface area contributed by atoms with Crippen LogP contribution in [0, 0.1) is 0 Å². The van der Waals surface area contributed by atoms with Crippen molar-refractivity contribution in [1.82, 2.24) is 5.32 Å². The minimum absolute atomic E-state index is 0.199. The highest BCUT2D eigenvalue weighted by atomic mass is 16.1. The number of rotatable bonds is 6. The molecule has 1 aliphatic carbocycles. The summed E-state index contributed by atoms with van der Waals surface area (Å²) in [6.45, 7) is 0.906. The van der Waals surface area contributed by atoms with E-state index in [-0.39, 0.29) is 5.91 Å². The fraction of sp³-hybridized carbons (Fsp3) is 0.562. The van der Waals surface area contributed by atoms with Gasteiger partial charge in [-0.1, -0.05) is 30.3 Å². The van der Waals surface area contributed by atoms with E-state index in [1.807, 2.05) is 0 Å². The minimum Gasteiger partial charge on any atom is -0.370 e. The van der Waals surface area contributed by atoms with Crippen LogP contribution < -0.4 is 11.1 Å². The number of carbonyl (C=O) groups excluding carboxylic acids is 1. The molecule has 0 heterocycles. The fourth-order valence-corrected chi connectivity index (χ4v) is 2.92. The second kappa shape index (κ2) is 7.29. The Balaban J connectivity index is 1.67. The van der Waals surface area contributed by atoms with Crippen LogP contribution >= 0.6 is 0 Å². The zero-order valence-corrected chi connectivity index (χ0v) is 11.5. The Kier molecular flexibility index (Phi) is 5.40. The lowest BCUT2D eigenvalue weighted by molar-refractivity contribution is -0.118. The third-order valence-corrected chi connectivity index (χ3v) is 4.03. The zero-order chi connectivity index (χ0) is 13.5. The van der Waals surface area contributed by atoms with E-state index in [9.17, 15) is 4.79 Å². The minimum atomic E-state index is -0.199. The number of hydrogen-bond donors (Lipinski definition) is 2. The predicted octanol–water partition coefficient (Wildman–Crippen LogP) is 2.57. The molecule has 0 unspecified atom stereocenters. The summed E-state index contributed by atoms with van der Waals surface area (Å²) in [6.07, 6.45) is 6.33. The van der Waals surface area contributed by atoms with Crippen LogP contribution in [-0.4, -0.2) is 18.5 Å². The molecule has 0 aromatic heterocycles. The van der Waals surface area contributed by atoms with Crippen molar-refractivity contribution in [2.45, 2.75) is 50.5 Å². The number of carbonyl (C=O) groups is 1. The van der Waals surface area contributed by atoms with E-state index >= 15 is 0 Å². The van der Waals surface area contributed by atoms with Crippen LogP contribution in [0.2, 0.25) is 0 Å². The fourth-order valence-electron chi connectivity index (χ4n) is 2.92. The van der Waals surface area contributed by atoms with Gasteiger partial charge in [-0.05, 0) is 50.1 Å². The average Bonchev–Trinajstić information content (AvgIpc) is 2.45. The summed E-state index contributed by atoms with van der Waals surface area (Å²) >= 11 is 0. The average molecular weight is 260 g/mol. The summed E-state index contributed by atoms with van der Waals surface area (Å²) in [5.74, 6) is 0.527. The number of primary amides is 1.